The second kappa shape index (κ2) is 7.91. The van der Waals surface area contributed by atoms with Crippen LogP contribution in [0.15, 0.2) is 54.6 Å². The number of amides is 1. The summed E-state index contributed by atoms with van der Waals surface area (Å²) >= 11 is 0. The molecule has 0 aliphatic carbocycles. The van der Waals surface area contributed by atoms with E-state index in [1.807, 2.05) is 67.2 Å². The Balaban J connectivity index is 1.53. The van der Waals surface area contributed by atoms with Crippen molar-refractivity contribution in [3.63, 3.8) is 0 Å². The van der Waals surface area contributed by atoms with Crippen LogP contribution in [-0.4, -0.2) is 41.4 Å². The lowest BCUT2D eigenvalue weighted by Gasteiger charge is -2.28. The van der Waals surface area contributed by atoms with Crippen molar-refractivity contribution in [2.24, 2.45) is 0 Å². The summed E-state index contributed by atoms with van der Waals surface area (Å²) in [5.74, 6) is 1.13. The van der Waals surface area contributed by atoms with Crippen molar-refractivity contribution in [3.05, 3.63) is 77.2 Å². The fraction of sp³-hybridized carbons (Fsp3) is 0.261. The molecule has 3 aromatic rings. The fourth-order valence-electron chi connectivity index (χ4n) is 3.56. The summed E-state index contributed by atoms with van der Waals surface area (Å²) in [4.78, 5) is 25.8. The normalized spacial score (nSPS) is 13.0. The fourth-order valence-corrected chi connectivity index (χ4v) is 3.56. The van der Waals surface area contributed by atoms with E-state index >= 15 is 0 Å². The van der Waals surface area contributed by atoms with Crippen LogP contribution >= 0.6 is 0 Å². The summed E-state index contributed by atoms with van der Waals surface area (Å²) in [5, 5.41) is 3.28. The molecule has 148 valence electrons. The molecule has 0 bridgehead atoms. The van der Waals surface area contributed by atoms with E-state index in [9.17, 15) is 4.79 Å². The first-order chi connectivity index (χ1) is 14.0. The number of benzene rings is 2. The van der Waals surface area contributed by atoms with E-state index in [2.05, 4.69) is 27.4 Å². The van der Waals surface area contributed by atoms with Gasteiger partial charge < -0.3 is 15.1 Å². The predicted molar refractivity (Wildman–Crippen MR) is 116 cm³/mol. The van der Waals surface area contributed by atoms with Crippen LogP contribution in [0.5, 0.6) is 0 Å². The van der Waals surface area contributed by atoms with Gasteiger partial charge in [0, 0.05) is 44.6 Å². The molecule has 1 amide bonds. The molecule has 2 aromatic carbocycles. The van der Waals surface area contributed by atoms with Gasteiger partial charge in [-0.1, -0.05) is 24.3 Å². The molecule has 6 nitrogen and oxygen atoms in total. The minimum Gasteiger partial charge on any atom is -0.378 e. The third-order valence-corrected chi connectivity index (χ3v) is 5.13. The maximum absolute atomic E-state index is 13.1. The van der Waals surface area contributed by atoms with Crippen LogP contribution in [-0.2, 0) is 13.0 Å². The number of carbonyl (C=O) groups excluding carboxylic acids is 1. The van der Waals surface area contributed by atoms with Gasteiger partial charge in [0.1, 0.15) is 17.3 Å². The Labute approximate surface area is 171 Å². The molecular weight excluding hydrogens is 362 g/mol. The molecule has 0 saturated carbocycles. The summed E-state index contributed by atoms with van der Waals surface area (Å²) < 4.78 is 0. The molecule has 0 saturated heterocycles. The number of nitrogens with zero attached hydrogens (tertiary/aromatic N) is 4. The van der Waals surface area contributed by atoms with Gasteiger partial charge in [-0.2, -0.15) is 0 Å². The Bertz CT molecular complexity index is 1030. The molecule has 0 spiro atoms. The van der Waals surface area contributed by atoms with Gasteiger partial charge in [-0.3, -0.25) is 4.79 Å². The van der Waals surface area contributed by atoms with Gasteiger partial charge >= 0.3 is 0 Å². The van der Waals surface area contributed by atoms with Crippen molar-refractivity contribution < 1.29 is 4.79 Å². The van der Waals surface area contributed by atoms with Gasteiger partial charge in [0.25, 0.3) is 5.91 Å². The number of aryl methyl sites for hydroxylation is 1. The zero-order valence-corrected chi connectivity index (χ0v) is 17.0. The van der Waals surface area contributed by atoms with Crippen LogP contribution < -0.4 is 10.2 Å². The number of nitrogens with one attached hydrogen (secondary N) is 1. The quantitative estimate of drug-likeness (QED) is 0.738. The van der Waals surface area contributed by atoms with Crippen LogP contribution in [0, 0.1) is 6.92 Å². The van der Waals surface area contributed by atoms with Gasteiger partial charge in [-0.05, 0) is 48.7 Å². The minimum atomic E-state index is -0.0593. The van der Waals surface area contributed by atoms with Crippen molar-refractivity contribution in [2.45, 2.75) is 19.9 Å². The molecule has 0 radical (unpaired) electrons. The average molecular weight is 387 g/mol. The SMILES string of the molecule is Cc1nc(Nc2ccc(N(C)C)cc2)cc(C(=O)N2CCc3ccccc3C2)n1. The molecular formula is C23H25N5O. The molecule has 2 heterocycles. The van der Waals surface area contributed by atoms with Crippen molar-refractivity contribution >= 4 is 23.1 Å². The van der Waals surface area contributed by atoms with Crippen molar-refractivity contribution in [1.82, 2.24) is 14.9 Å². The van der Waals surface area contributed by atoms with Crippen molar-refractivity contribution in [2.75, 3.05) is 30.9 Å². The Kier molecular flexibility index (Phi) is 5.16. The Morgan fingerprint density at radius 1 is 1.03 bits per heavy atom. The number of fused-ring (bicyclic) bond motifs is 1. The second-order valence-corrected chi connectivity index (χ2v) is 7.50. The Hall–Kier alpha value is -3.41. The van der Waals surface area contributed by atoms with Gasteiger partial charge in [0.15, 0.2) is 0 Å². The standard InChI is InChI=1S/C23H25N5O/c1-16-24-21(23(29)28-13-12-17-6-4-5-7-18(17)15-28)14-22(25-16)26-19-8-10-20(11-9-19)27(2)3/h4-11,14H,12-13,15H2,1-3H3,(H,24,25,26). The maximum Gasteiger partial charge on any atom is 0.272 e. The van der Waals surface area contributed by atoms with Crippen molar-refractivity contribution in [3.8, 4) is 0 Å². The molecule has 1 N–H and O–H groups in total. The number of rotatable bonds is 4. The largest absolute Gasteiger partial charge is 0.378 e. The third kappa shape index (κ3) is 4.21. The summed E-state index contributed by atoms with van der Waals surface area (Å²) in [7, 11) is 4.01. The molecule has 0 atom stereocenters. The number of hydrogen-bond donors (Lipinski definition) is 1. The number of hydrogen-bond acceptors (Lipinski definition) is 5. The molecule has 1 aliphatic heterocycles. The van der Waals surface area contributed by atoms with E-state index in [1.54, 1.807) is 6.07 Å². The van der Waals surface area contributed by atoms with Crippen LogP contribution in [0.4, 0.5) is 17.2 Å². The first-order valence-corrected chi connectivity index (χ1v) is 9.76. The molecule has 4 rings (SSSR count). The molecule has 0 unspecified atom stereocenters. The molecule has 29 heavy (non-hydrogen) atoms. The maximum atomic E-state index is 13.1. The highest BCUT2D eigenvalue weighted by molar-refractivity contribution is 5.93. The van der Waals surface area contributed by atoms with Crippen LogP contribution in [0.25, 0.3) is 0 Å². The van der Waals surface area contributed by atoms with E-state index in [-0.39, 0.29) is 5.91 Å². The monoisotopic (exact) mass is 387 g/mol. The summed E-state index contributed by atoms with van der Waals surface area (Å²) in [5.41, 5.74) is 4.98. The van der Waals surface area contributed by atoms with Gasteiger partial charge in [-0.15, -0.1) is 0 Å². The molecule has 1 aliphatic rings. The number of aromatic nitrogens is 2. The van der Waals surface area contributed by atoms with E-state index < -0.39 is 0 Å². The highest BCUT2D eigenvalue weighted by atomic mass is 16.2. The number of anilines is 3. The van der Waals surface area contributed by atoms with E-state index in [0.717, 1.165) is 17.8 Å². The highest BCUT2D eigenvalue weighted by Gasteiger charge is 2.23. The first kappa shape index (κ1) is 18.9. The Morgan fingerprint density at radius 2 is 1.76 bits per heavy atom. The average Bonchev–Trinajstić information content (AvgIpc) is 2.73. The van der Waals surface area contributed by atoms with E-state index in [1.165, 1.54) is 11.1 Å². The lowest BCUT2D eigenvalue weighted by atomic mass is 10.00. The zero-order chi connectivity index (χ0) is 20.4. The Morgan fingerprint density at radius 3 is 2.48 bits per heavy atom. The molecule has 1 aromatic heterocycles. The van der Waals surface area contributed by atoms with Crippen LogP contribution in [0.2, 0.25) is 0 Å². The predicted octanol–water partition coefficient (Wildman–Crippen LogP) is 3.79. The van der Waals surface area contributed by atoms with Crippen LogP contribution in [0.3, 0.4) is 0 Å². The highest BCUT2D eigenvalue weighted by Crippen LogP contribution is 2.22. The van der Waals surface area contributed by atoms with E-state index in [4.69, 9.17) is 0 Å². The summed E-state index contributed by atoms with van der Waals surface area (Å²) in [6.07, 6.45) is 0.870. The van der Waals surface area contributed by atoms with Crippen molar-refractivity contribution in [1.29, 1.82) is 0 Å². The molecule has 6 heteroatoms. The van der Waals surface area contributed by atoms with E-state index in [0.29, 0.717) is 30.4 Å². The third-order valence-electron chi connectivity index (χ3n) is 5.13. The smallest absolute Gasteiger partial charge is 0.272 e. The van der Waals surface area contributed by atoms with Gasteiger partial charge in [0.2, 0.25) is 0 Å². The first-order valence-electron chi connectivity index (χ1n) is 9.76. The van der Waals surface area contributed by atoms with Gasteiger partial charge in [-0.25, -0.2) is 9.97 Å². The van der Waals surface area contributed by atoms with Gasteiger partial charge in [0.05, 0.1) is 0 Å². The second-order valence-electron chi connectivity index (χ2n) is 7.50. The number of carbonyl (C=O) groups is 1. The lowest BCUT2D eigenvalue weighted by molar-refractivity contribution is 0.0728. The molecule has 0 fully saturated rings. The summed E-state index contributed by atoms with van der Waals surface area (Å²) in [6, 6.07) is 18.1. The minimum absolute atomic E-state index is 0.0593. The zero-order valence-electron chi connectivity index (χ0n) is 17.0. The topological polar surface area (TPSA) is 61.4 Å². The lowest BCUT2D eigenvalue weighted by Crippen LogP contribution is -2.36. The van der Waals surface area contributed by atoms with Crippen LogP contribution in [0.1, 0.15) is 27.4 Å². The summed E-state index contributed by atoms with van der Waals surface area (Å²) in [6.45, 7) is 3.13.